The van der Waals surface area contributed by atoms with Crippen LogP contribution in [0, 0.1) is 0 Å². The summed E-state index contributed by atoms with van der Waals surface area (Å²) in [5.74, 6) is 0. The second kappa shape index (κ2) is 9.87. The number of hydrogen-bond donors (Lipinski definition) is 1. The average molecular weight is 473 g/mol. The number of rotatable bonds is 8. The number of benzene rings is 1. The monoisotopic (exact) mass is 473 g/mol. The molecule has 1 aromatic carbocycles. The van der Waals surface area contributed by atoms with Crippen LogP contribution in [-0.2, 0) is 27.5 Å². The molecule has 1 N–H and O–H groups in total. The van der Waals surface area contributed by atoms with E-state index < -0.39 is 23.9 Å². The first-order chi connectivity index (χ1) is 15.8. The van der Waals surface area contributed by atoms with Crippen molar-refractivity contribution in [1.29, 1.82) is 0 Å². The minimum atomic E-state index is -0.565. The SMILES string of the molecule is Cn1nc2cccc(B3OC(C)(C)C(C)(C)O3)c2c1CCCN(CCCO)C(=O)OC(C)(C)C. The van der Waals surface area contributed by atoms with E-state index in [1.807, 2.05) is 50.7 Å². The molecule has 34 heavy (non-hydrogen) atoms. The average Bonchev–Trinajstić information content (AvgIpc) is 3.14. The summed E-state index contributed by atoms with van der Waals surface area (Å²) >= 11 is 0. The Morgan fingerprint density at radius 3 is 2.35 bits per heavy atom. The number of nitrogens with zero attached hydrogens (tertiary/aromatic N) is 3. The van der Waals surface area contributed by atoms with Gasteiger partial charge in [-0.3, -0.25) is 4.68 Å². The minimum Gasteiger partial charge on any atom is -0.444 e. The van der Waals surface area contributed by atoms with E-state index in [0.29, 0.717) is 19.5 Å². The molecule has 0 saturated carbocycles. The maximum atomic E-state index is 12.7. The molecule has 2 heterocycles. The van der Waals surface area contributed by atoms with Crippen LogP contribution >= 0.6 is 0 Å². The highest BCUT2D eigenvalue weighted by atomic mass is 16.7. The molecular formula is C25H40BN3O5. The van der Waals surface area contributed by atoms with Gasteiger partial charge < -0.3 is 24.1 Å². The smallest absolute Gasteiger partial charge is 0.444 e. The van der Waals surface area contributed by atoms with Crippen molar-refractivity contribution < 1.29 is 23.9 Å². The molecule has 0 unspecified atom stereocenters. The van der Waals surface area contributed by atoms with Crippen LogP contribution in [0.2, 0.25) is 0 Å². The predicted octanol–water partition coefficient (Wildman–Crippen LogP) is 3.42. The molecule has 0 atom stereocenters. The summed E-state index contributed by atoms with van der Waals surface area (Å²) < 4.78 is 20.1. The van der Waals surface area contributed by atoms with Crippen LogP contribution in [0.3, 0.4) is 0 Å². The van der Waals surface area contributed by atoms with Crippen LogP contribution < -0.4 is 5.46 Å². The first-order valence-corrected chi connectivity index (χ1v) is 12.1. The van der Waals surface area contributed by atoms with E-state index >= 15 is 0 Å². The van der Waals surface area contributed by atoms with Gasteiger partial charge in [-0.1, -0.05) is 12.1 Å². The highest BCUT2D eigenvalue weighted by Crippen LogP contribution is 2.37. The molecule has 1 aliphatic heterocycles. The number of carbonyl (C=O) groups is 1. The third kappa shape index (κ3) is 5.75. The van der Waals surface area contributed by atoms with Gasteiger partial charge in [-0.25, -0.2) is 4.79 Å². The molecule has 3 rings (SSSR count). The van der Waals surface area contributed by atoms with Crippen LogP contribution in [0.1, 0.15) is 67.0 Å². The van der Waals surface area contributed by atoms with Crippen molar-refractivity contribution in [2.24, 2.45) is 7.05 Å². The summed E-state index contributed by atoms with van der Waals surface area (Å²) in [6.45, 7) is 14.8. The van der Waals surface area contributed by atoms with Crippen LogP contribution in [0.15, 0.2) is 18.2 Å². The zero-order valence-corrected chi connectivity index (χ0v) is 22.0. The molecule has 1 amide bonds. The quantitative estimate of drug-likeness (QED) is 0.592. The highest BCUT2D eigenvalue weighted by Gasteiger charge is 2.52. The highest BCUT2D eigenvalue weighted by molar-refractivity contribution is 6.65. The van der Waals surface area contributed by atoms with Gasteiger partial charge in [0.1, 0.15) is 5.60 Å². The Labute approximate surface area is 203 Å². The van der Waals surface area contributed by atoms with E-state index in [1.54, 1.807) is 4.90 Å². The molecule has 1 saturated heterocycles. The van der Waals surface area contributed by atoms with Crippen LogP contribution in [-0.4, -0.2) is 69.5 Å². The third-order valence-corrected chi connectivity index (χ3v) is 6.60. The van der Waals surface area contributed by atoms with Crippen molar-refractivity contribution in [3.8, 4) is 0 Å². The van der Waals surface area contributed by atoms with Gasteiger partial charge in [-0.2, -0.15) is 5.10 Å². The molecular weight excluding hydrogens is 433 g/mol. The zero-order valence-electron chi connectivity index (χ0n) is 22.0. The molecule has 0 spiro atoms. The Bertz CT molecular complexity index is 996. The summed E-state index contributed by atoms with van der Waals surface area (Å²) in [6.07, 6.45) is 1.62. The van der Waals surface area contributed by atoms with Gasteiger partial charge in [0.25, 0.3) is 0 Å². The molecule has 1 aromatic heterocycles. The largest absolute Gasteiger partial charge is 0.495 e. The Balaban J connectivity index is 1.81. The summed E-state index contributed by atoms with van der Waals surface area (Å²) in [4.78, 5) is 14.3. The Morgan fingerprint density at radius 2 is 1.76 bits per heavy atom. The lowest BCUT2D eigenvalue weighted by molar-refractivity contribution is 0.00578. The first-order valence-electron chi connectivity index (χ1n) is 12.1. The van der Waals surface area contributed by atoms with E-state index in [-0.39, 0.29) is 12.7 Å². The molecule has 0 radical (unpaired) electrons. The standard InChI is InChI=1S/C25H40BN3O5/c1-23(2,3)32-22(31)29(16-11-17-30)15-10-14-20-21-18(12-9-13-19(21)27-28(20)8)26-33-24(4,5)25(6,7)34-26/h9,12-13,30H,10-11,14-17H2,1-8H3. The normalized spacial score (nSPS) is 17.4. The fraction of sp³-hybridized carbons (Fsp3) is 0.680. The summed E-state index contributed by atoms with van der Waals surface area (Å²) in [5, 5.41) is 15.0. The van der Waals surface area contributed by atoms with E-state index in [0.717, 1.165) is 34.9 Å². The number of fused-ring (bicyclic) bond motifs is 1. The van der Waals surface area contributed by atoms with Gasteiger partial charge in [0.15, 0.2) is 0 Å². The van der Waals surface area contributed by atoms with E-state index in [2.05, 4.69) is 27.7 Å². The van der Waals surface area contributed by atoms with Gasteiger partial charge in [0, 0.05) is 37.8 Å². The van der Waals surface area contributed by atoms with Crippen LogP contribution in [0.25, 0.3) is 10.9 Å². The molecule has 188 valence electrons. The maximum absolute atomic E-state index is 12.7. The van der Waals surface area contributed by atoms with E-state index in [9.17, 15) is 9.90 Å². The zero-order chi connectivity index (χ0) is 25.3. The number of aliphatic hydroxyl groups is 1. The first kappa shape index (κ1) is 26.5. The molecule has 0 aliphatic carbocycles. The van der Waals surface area contributed by atoms with Crippen molar-refractivity contribution in [3.63, 3.8) is 0 Å². The molecule has 9 heteroatoms. The molecule has 2 aromatic rings. The molecule has 8 nitrogen and oxygen atoms in total. The maximum Gasteiger partial charge on any atom is 0.495 e. The lowest BCUT2D eigenvalue weighted by atomic mass is 9.76. The van der Waals surface area contributed by atoms with E-state index in [4.69, 9.17) is 19.1 Å². The Morgan fingerprint density at radius 1 is 1.15 bits per heavy atom. The minimum absolute atomic E-state index is 0.0309. The molecule has 1 aliphatic rings. The van der Waals surface area contributed by atoms with Gasteiger partial charge in [-0.15, -0.1) is 0 Å². The van der Waals surface area contributed by atoms with Crippen LogP contribution in [0.4, 0.5) is 4.79 Å². The number of aliphatic hydroxyl groups excluding tert-OH is 1. The van der Waals surface area contributed by atoms with Gasteiger partial charge in [-0.05, 0) is 79.3 Å². The number of amides is 1. The van der Waals surface area contributed by atoms with Crippen molar-refractivity contribution in [2.45, 2.75) is 84.5 Å². The van der Waals surface area contributed by atoms with Crippen molar-refractivity contribution >= 4 is 29.6 Å². The summed E-state index contributed by atoms with van der Waals surface area (Å²) in [7, 11) is 1.47. The van der Waals surface area contributed by atoms with Gasteiger partial charge in [0.2, 0.25) is 0 Å². The summed E-state index contributed by atoms with van der Waals surface area (Å²) in [5.41, 5.74) is 1.53. The Hall–Kier alpha value is -2.10. The lowest BCUT2D eigenvalue weighted by Crippen LogP contribution is -2.41. The summed E-state index contributed by atoms with van der Waals surface area (Å²) in [6, 6.07) is 6.03. The number of ether oxygens (including phenoxy) is 1. The van der Waals surface area contributed by atoms with Crippen molar-refractivity contribution in [2.75, 3.05) is 19.7 Å². The van der Waals surface area contributed by atoms with Crippen molar-refractivity contribution in [3.05, 3.63) is 23.9 Å². The van der Waals surface area contributed by atoms with Crippen molar-refractivity contribution in [1.82, 2.24) is 14.7 Å². The van der Waals surface area contributed by atoms with E-state index in [1.165, 1.54) is 0 Å². The number of carbonyl (C=O) groups excluding carboxylic acids is 1. The Kier molecular flexibility index (Phi) is 7.70. The lowest BCUT2D eigenvalue weighted by Gasteiger charge is -2.32. The second-order valence-corrected chi connectivity index (χ2v) is 11.0. The number of aryl methyl sites for hydroxylation is 2. The number of hydrogen-bond acceptors (Lipinski definition) is 6. The fourth-order valence-electron chi connectivity index (χ4n) is 4.11. The van der Waals surface area contributed by atoms with Crippen LogP contribution in [0.5, 0.6) is 0 Å². The van der Waals surface area contributed by atoms with Gasteiger partial charge in [0.05, 0.1) is 16.7 Å². The fourth-order valence-corrected chi connectivity index (χ4v) is 4.11. The molecule has 0 bridgehead atoms. The second-order valence-electron chi connectivity index (χ2n) is 11.0. The predicted molar refractivity (Wildman–Crippen MR) is 134 cm³/mol. The third-order valence-electron chi connectivity index (χ3n) is 6.60. The molecule has 1 fully saturated rings. The number of aromatic nitrogens is 2. The topological polar surface area (TPSA) is 86.0 Å². The van der Waals surface area contributed by atoms with Gasteiger partial charge >= 0.3 is 13.2 Å².